The number of rotatable bonds is 8. The fourth-order valence-electron chi connectivity index (χ4n) is 3.26. The SMILES string of the molecule is COC(=O)COc1c(I)cc(/C=C2\SC(=O)N(CC(=O)Nc3ccc4c(c3)OCO4)C2=O)cc1OC. The highest BCUT2D eigenvalue weighted by Gasteiger charge is 2.36. The van der Waals surface area contributed by atoms with Gasteiger partial charge in [-0.05, 0) is 70.3 Å². The molecule has 1 N–H and O–H groups in total. The minimum absolute atomic E-state index is 0.101. The van der Waals surface area contributed by atoms with Crippen molar-refractivity contribution in [3.05, 3.63) is 44.4 Å². The van der Waals surface area contributed by atoms with Crippen molar-refractivity contribution in [2.45, 2.75) is 0 Å². The number of carbonyl (C=O) groups is 4. The summed E-state index contributed by atoms with van der Waals surface area (Å²) in [6.07, 6.45) is 1.52. The minimum atomic E-state index is -0.592. The molecule has 0 unspecified atom stereocenters. The van der Waals surface area contributed by atoms with E-state index in [1.54, 1.807) is 30.3 Å². The summed E-state index contributed by atoms with van der Waals surface area (Å²) < 4.78 is 26.5. The smallest absolute Gasteiger partial charge is 0.343 e. The van der Waals surface area contributed by atoms with Crippen molar-refractivity contribution in [2.24, 2.45) is 0 Å². The molecule has 2 aromatic rings. The van der Waals surface area contributed by atoms with Gasteiger partial charge < -0.3 is 29.0 Å². The zero-order valence-electron chi connectivity index (χ0n) is 19.0. The summed E-state index contributed by atoms with van der Waals surface area (Å²) in [7, 11) is 2.69. The Morgan fingerprint density at radius 1 is 1.17 bits per heavy atom. The van der Waals surface area contributed by atoms with E-state index >= 15 is 0 Å². The number of fused-ring (bicyclic) bond motifs is 1. The Hall–Kier alpha value is -3.46. The van der Waals surface area contributed by atoms with Gasteiger partial charge >= 0.3 is 5.97 Å². The summed E-state index contributed by atoms with van der Waals surface area (Å²) in [5.74, 6) is 0.0557. The number of benzene rings is 2. The molecule has 13 heteroatoms. The molecule has 2 aliphatic heterocycles. The second-order valence-electron chi connectivity index (χ2n) is 7.28. The Morgan fingerprint density at radius 2 is 1.94 bits per heavy atom. The number of nitrogens with zero attached hydrogens (tertiary/aromatic N) is 1. The lowest BCUT2D eigenvalue weighted by Gasteiger charge is -2.13. The van der Waals surface area contributed by atoms with Crippen LogP contribution in [0, 0.1) is 3.57 Å². The van der Waals surface area contributed by atoms with E-state index in [4.69, 9.17) is 18.9 Å². The lowest BCUT2D eigenvalue weighted by atomic mass is 10.2. The van der Waals surface area contributed by atoms with Crippen LogP contribution in [0.5, 0.6) is 23.0 Å². The van der Waals surface area contributed by atoms with Gasteiger partial charge in [-0.15, -0.1) is 0 Å². The molecule has 11 nitrogen and oxygen atoms in total. The van der Waals surface area contributed by atoms with Crippen molar-refractivity contribution in [1.82, 2.24) is 4.90 Å². The van der Waals surface area contributed by atoms with Gasteiger partial charge in [-0.1, -0.05) is 0 Å². The molecule has 4 rings (SSSR count). The number of carbonyl (C=O) groups excluding carboxylic acids is 4. The predicted molar refractivity (Wildman–Crippen MR) is 137 cm³/mol. The fourth-order valence-corrected chi connectivity index (χ4v) is 4.88. The largest absolute Gasteiger partial charge is 0.493 e. The molecule has 1 saturated heterocycles. The molecule has 0 aromatic heterocycles. The molecular formula is C23H19IN2O9S. The molecule has 2 heterocycles. The third kappa shape index (κ3) is 5.67. The van der Waals surface area contributed by atoms with Crippen molar-refractivity contribution >= 4 is 69.1 Å². The molecule has 0 atom stereocenters. The lowest BCUT2D eigenvalue weighted by Crippen LogP contribution is -2.36. The van der Waals surface area contributed by atoms with Crippen molar-refractivity contribution in [3.8, 4) is 23.0 Å². The van der Waals surface area contributed by atoms with Crippen LogP contribution in [0.15, 0.2) is 35.2 Å². The summed E-state index contributed by atoms with van der Waals surface area (Å²) in [4.78, 5) is 50.3. The maximum absolute atomic E-state index is 12.9. The highest BCUT2D eigenvalue weighted by Crippen LogP contribution is 2.38. The van der Waals surface area contributed by atoms with E-state index in [0.29, 0.717) is 37.8 Å². The second kappa shape index (κ2) is 11.1. The third-order valence-electron chi connectivity index (χ3n) is 4.94. The van der Waals surface area contributed by atoms with Crippen LogP contribution in [0.2, 0.25) is 0 Å². The number of ether oxygens (including phenoxy) is 5. The first-order valence-corrected chi connectivity index (χ1v) is 12.2. The van der Waals surface area contributed by atoms with Gasteiger partial charge in [0.05, 0.1) is 22.7 Å². The number of thioether (sulfide) groups is 1. The number of esters is 1. The van der Waals surface area contributed by atoms with E-state index in [-0.39, 0.29) is 18.3 Å². The molecule has 1 fully saturated rings. The van der Waals surface area contributed by atoms with E-state index in [0.717, 1.165) is 16.7 Å². The lowest BCUT2D eigenvalue weighted by molar-refractivity contribution is -0.143. The Labute approximate surface area is 223 Å². The quantitative estimate of drug-likeness (QED) is 0.265. The zero-order chi connectivity index (χ0) is 25.8. The van der Waals surface area contributed by atoms with Gasteiger partial charge in [-0.25, -0.2) is 4.79 Å². The Morgan fingerprint density at radius 3 is 2.69 bits per heavy atom. The Kier molecular flexibility index (Phi) is 7.88. The van der Waals surface area contributed by atoms with E-state index in [9.17, 15) is 19.2 Å². The third-order valence-corrected chi connectivity index (χ3v) is 6.65. The average molecular weight is 626 g/mol. The number of anilines is 1. The standard InChI is InChI=1S/C23H19IN2O9S/c1-31-17-6-12(5-14(24)21(17)33-10-20(28)32-2)7-18-22(29)26(23(30)36-18)9-19(27)25-13-3-4-15-16(8-13)35-11-34-15/h3-8H,9-11H2,1-2H3,(H,25,27)/b18-7-. The number of hydrogen-bond donors (Lipinski definition) is 1. The molecule has 0 radical (unpaired) electrons. The highest BCUT2D eigenvalue weighted by atomic mass is 127. The van der Waals surface area contributed by atoms with E-state index in [1.165, 1.54) is 20.3 Å². The first kappa shape index (κ1) is 25.6. The van der Waals surface area contributed by atoms with Crippen molar-refractivity contribution in [3.63, 3.8) is 0 Å². The van der Waals surface area contributed by atoms with Gasteiger partial charge in [0, 0.05) is 11.8 Å². The highest BCUT2D eigenvalue weighted by molar-refractivity contribution is 14.1. The maximum atomic E-state index is 12.9. The van der Waals surface area contributed by atoms with Crippen LogP contribution < -0.4 is 24.3 Å². The normalized spacial score (nSPS) is 15.3. The molecule has 0 spiro atoms. The minimum Gasteiger partial charge on any atom is -0.493 e. The van der Waals surface area contributed by atoms with Crippen LogP contribution in [0.1, 0.15) is 5.56 Å². The number of nitrogens with one attached hydrogen (secondary N) is 1. The van der Waals surface area contributed by atoms with Crippen LogP contribution in [0.25, 0.3) is 6.08 Å². The van der Waals surface area contributed by atoms with Crippen LogP contribution in [-0.2, 0) is 19.1 Å². The van der Waals surface area contributed by atoms with Crippen LogP contribution in [-0.4, -0.2) is 62.1 Å². The topological polar surface area (TPSA) is 130 Å². The van der Waals surface area contributed by atoms with Crippen LogP contribution in [0.4, 0.5) is 10.5 Å². The molecule has 3 amide bonds. The summed E-state index contributed by atoms with van der Waals surface area (Å²) in [6, 6.07) is 8.20. The fraction of sp³-hybridized carbons (Fsp3) is 0.217. The molecule has 2 aliphatic rings. The van der Waals surface area contributed by atoms with Crippen LogP contribution >= 0.6 is 34.4 Å². The van der Waals surface area contributed by atoms with Gasteiger partial charge in [-0.2, -0.15) is 0 Å². The molecule has 188 valence electrons. The van der Waals surface area contributed by atoms with Gasteiger partial charge in [0.1, 0.15) is 6.54 Å². The maximum Gasteiger partial charge on any atom is 0.343 e. The number of amides is 3. The molecule has 36 heavy (non-hydrogen) atoms. The zero-order valence-corrected chi connectivity index (χ0v) is 22.0. The van der Waals surface area contributed by atoms with E-state index in [2.05, 4.69) is 10.1 Å². The summed E-state index contributed by atoms with van der Waals surface area (Å²) in [6.45, 7) is -0.642. The second-order valence-corrected chi connectivity index (χ2v) is 9.44. The number of methoxy groups -OCH3 is 2. The van der Waals surface area contributed by atoms with Gasteiger partial charge in [0.15, 0.2) is 29.6 Å². The number of imide groups is 1. The van der Waals surface area contributed by atoms with Crippen molar-refractivity contribution in [1.29, 1.82) is 0 Å². The molecule has 0 saturated carbocycles. The van der Waals surface area contributed by atoms with Crippen LogP contribution in [0.3, 0.4) is 0 Å². The number of hydrogen-bond acceptors (Lipinski definition) is 10. The first-order chi connectivity index (χ1) is 17.3. The van der Waals surface area contributed by atoms with Crippen molar-refractivity contribution in [2.75, 3.05) is 39.5 Å². The number of halogens is 1. The molecule has 2 aromatic carbocycles. The van der Waals surface area contributed by atoms with Gasteiger partial charge in [0.2, 0.25) is 12.7 Å². The Balaban J connectivity index is 1.45. The molecule has 0 aliphatic carbocycles. The van der Waals surface area contributed by atoms with E-state index in [1.807, 2.05) is 22.6 Å². The molecular weight excluding hydrogens is 607 g/mol. The van der Waals surface area contributed by atoms with Gasteiger partial charge in [0.25, 0.3) is 11.1 Å². The van der Waals surface area contributed by atoms with Crippen molar-refractivity contribution < 1.29 is 42.9 Å². The average Bonchev–Trinajstić information content (AvgIpc) is 3.42. The monoisotopic (exact) mass is 626 g/mol. The van der Waals surface area contributed by atoms with E-state index < -0.39 is 29.6 Å². The summed E-state index contributed by atoms with van der Waals surface area (Å²) in [5, 5.41) is 2.08. The summed E-state index contributed by atoms with van der Waals surface area (Å²) >= 11 is 2.73. The predicted octanol–water partition coefficient (Wildman–Crippen LogP) is 3.26. The first-order valence-electron chi connectivity index (χ1n) is 10.3. The van der Waals surface area contributed by atoms with Gasteiger partial charge in [-0.3, -0.25) is 19.3 Å². The Bertz CT molecular complexity index is 1280. The molecule has 0 bridgehead atoms. The summed E-state index contributed by atoms with van der Waals surface area (Å²) in [5.41, 5.74) is 1.01.